The highest BCUT2D eigenvalue weighted by Crippen LogP contribution is 2.42. The zero-order valence-electron chi connectivity index (χ0n) is 6.11. The molecule has 1 unspecified atom stereocenters. The van der Waals surface area contributed by atoms with Gasteiger partial charge in [-0.2, -0.15) is 5.26 Å². The Morgan fingerprint density at radius 2 is 2.00 bits per heavy atom. The predicted molar refractivity (Wildman–Crippen MR) is 38.4 cm³/mol. The van der Waals surface area contributed by atoms with Gasteiger partial charge in [-0.3, -0.25) is 4.57 Å². The van der Waals surface area contributed by atoms with Crippen molar-refractivity contribution in [2.24, 2.45) is 0 Å². The van der Waals surface area contributed by atoms with Crippen molar-refractivity contribution in [3.8, 4) is 5.81 Å². The van der Waals surface area contributed by atoms with Gasteiger partial charge in [-0.25, -0.2) is 4.67 Å². The maximum Gasteiger partial charge on any atom is 0.368 e. The minimum absolute atomic E-state index is 0.428. The van der Waals surface area contributed by atoms with Gasteiger partial charge in [-0.15, -0.1) is 0 Å². The maximum atomic E-state index is 10.9. The van der Waals surface area contributed by atoms with Gasteiger partial charge in [0, 0.05) is 13.1 Å². The zero-order chi connectivity index (χ0) is 8.20. The molecule has 1 N–H and O–H groups in total. The second-order valence-corrected chi connectivity index (χ2v) is 3.64. The van der Waals surface area contributed by atoms with E-state index < -0.39 is 7.52 Å². The summed E-state index contributed by atoms with van der Waals surface area (Å²) in [5.41, 5.74) is 0. The molecule has 0 aliphatic heterocycles. The third kappa shape index (κ3) is 2.11. The molecule has 0 amide bonds. The summed E-state index contributed by atoms with van der Waals surface area (Å²) in [6, 6.07) is 0. The first kappa shape index (κ1) is 9.64. The van der Waals surface area contributed by atoms with Crippen LogP contribution in [0, 0.1) is 11.1 Å². The van der Waals surface area contributed by atoms with Crippen molar-refractivity contribution in [3.63, 3.8) is 0 Å². The van der Waals surface area contributed by atoms with E-state index in [0.717, 1.165) is 0 Å². The second-order valence-electron chi connectivity index (χ2n) is 1.78. The van der Waals surface area contributed by atoms with Crippen LogP contribution in [-0.4, -0.2) is 22.7 Å². The van der Waals surface area contributed by atoms with Crippen LogP contribution in [0.15, 0.2) is 0 Å². The zero-order valence-corrected chi connectivity index (χ0v) is 7.01. The molecule has 0 rings (SSSR count). The average molecular weight is 162 g/mol. The van der Waals surface area contributed by atoms with E-state index in [9.17, 15) is 4.57 Å². The number of hydrogen-bond acceptors (Lipinski definition) is 2. The molecule has 1 atom stereocenters. The second kappa shape index (κ2) is 3.72. The highest BCUT2D eigenvalue weighted by atomic mass is 31.2. The van der Waals surface area contributed by atoms with Crippen LogP contribution in [0.2, 0.25) is 0 Å². The lowest BCUT2D eigenvalue weighted by atomic mass is 10.7. The summed E-state index contributed by atoms with van der Waals surface area (Å²) in [5.74, 6) is 1.38. The van der Waals surface area contributed by atoms with Gasteiger partial charge in [0.15, 0.2) is 5.81 Å². The van der Waals surface area contributed by atoms with Crippen molar-refractivity contribution in [1.29, 1.82) is 5.26 Å². The van der Waals surface area contributed by atoms with E-state index in [2.05, 4.69) is 0 Å². The molecule has 0 aromatic rings. The summed E-state index contributed by atoms with van der Waals surface area (Å²) >= 11 is 0. The van der Waals surface area contributed by atoms with E-state index in [0.29, 0.717) is 13.1 Å². The Bertz CT molecular complexity index is 183. The minimum atomic E-state index is -3.64. The van der Waals surface area contributed by atoms with Crippen LogP contribution in [0.25, 0.3) is 0 Å². The Balaban J connectivity index is 4.31. The molecule has 0 aromatic carbocycles. The molecular formula is C5H11N2O2P. The van der Waals surface area contributed by atoms with Crippen molar-refractivity contribution >= 4 is 7.52 Å². The lowest BCUT2D eigenvalue weighted by Crippen LogP contribution is -2.18. The molecule has 10 heavy (non-hydrogen) atoms. The van der Waals surface area contributed by atoms with E-state index in [1.165, 1.54) is 10.5 Å². The van der Waals surface area contributed by atoms with E-state index >= 15 is 0 Å². The Morgan fingerprint density at radius 3 is 2.10 bits per heavy atom. The van der Waals surface area contributed by atoms with Crippen LogP contribution in [0.1, 0.15) is 13.8 Å². The van der Waals surface area contributed by atoms with Gasteiger partial charge in [-0.05, 0) is 0 Å². The molecular weight excluding hydrogens is 151 g/mol. The molecule has 4 nitrogen and oxygen atoms in total. The Labute approximate surface area is 60.6 Å². The number of hydrogen-bond donors (Lipinski definition) is 1. The van der Waals surface area contributed by atoms with E-state index in [4.69, 9.17) is 10.2 Å². The molecule has 0 saturated carbocycles. The van der Waals surface area contributed by atoms with Crippen LogP contribution in [0.5, 0.6) is 0 Å². The van der Waals surface area contributed by atoms with Gasteiger partial charge in [0.25, 0.3) is 0 Å². The fraction of sp³-hybridized carbons (Fsp3) is 0.800. The van der Waals surface area contributed by atoms with Gasteiger partial charge in [0.1, 0.15) is 0 Å². The number of nitrogens with zero attached hydrogens (tertiary/aromatic N) is 2. The molecule has 0 spiro atoms. The third-order valence-electron chi connectivity index (χ3n) is 1.24. The van der Waals surface area contributed by atoms with Gasteiger partial charge >= 0.3 is 7.52 Å². The maximum absolute atomic E-state index is 10.9. The van der Waals surface area contributed by atoms with Crippen molar-refractivity contribution < 1.29 is 9.46 Å². The van der Waals surface area contributed by atoms with Crippen molar-refractivity contribution in [2.45, 2.75) is 13.8 Å². The SMILES string of the molecule is CCN(CC)P(=O)(O)C#N. The lowest BCUT2D eigenvalue weighted by Gasteiger charge is -2.17. The molecule has 5 heteroatoms. The van der Waals surface area contributed by atoms with Crippen LogP contribution >= 0.6 is 7.52 Å². The van der Waals surface area contributed by atoms with Gasteiger partial charge < -0.3 is 4.89 Å². The summed E-state index contributed by atoms with van der Waals surface area (Å²) in [7, 11) is -3.64. The highest BCUT2D eigenvalue weighted by Gasteiger charge is 2.24. The topological polar surface area (TPSA) is 64.3 Å². The summed E-state index contributed by atoms with van der Waals surface area (Å²) in [5, 5.41) is 8.22. The van der Waals surface area contributed by atoms with Crippen molar-refractivity contribution in [2.75, 3.05) is 13.1 Å². The molecule has 0 bridgehead atoms. The first-order valence-electron chi connectivity index (χ1n) is 3.08. The third-order valence-corrected chi connectivity index (χ3v) is 2.84. The molecule has 0 aliphatic carbocycles. The summed E-state index contributed by atoms with van der Waals surface area (Å²) in [4.78, 5) is 8.90. The molecule has 0 aliphatic rings. The predicted octanol–water partition coefficient (Wildman–Crippen LogP) is 0.995. The molecule has 0 radical (unpaired) electrons. The smallest absolute Gasteiger partial charge is 0.323 e. The van der Waals surface area contributed by atoms with Crippen LogP contribution < -0.4 is 0 Å². The van der Waals surface area contributed by atoms with Crippen LogP contribution in [-0.2, 0) is 4.57 Å². The van der Waals surface area contributed by atoms with Gasteiger partial charge in [-0.1, -0.05) is 13.8 Å². The highest BCUT2D eigenvalue weighted by molar-refractivity contribution is 7.60. The van der Waals surface area contributed by atoms with Crippen molar-refractivity contribution in [1.82, 2.24) is 4.67 Å². The first-order valence-corrected chi connectivity index (χ1v) is 4.69. The summed E-state index contributed by atoms with van der Waals surface area (Å²) in [6.45, 7) is 4.34. The van der Waals surface area contributed by atoms with E-state index in [1.54, 1.807) is 13.8 Å². The number of nitriles is 1. The summed E-state index contributed by atoms with van der Waals surface area (Å²) in [6.07, 6.45) is 0. The Kier molecular flexibility index (Phi) is 3.59. The van der Waals surface area contributed by atoms with E-state index in [1.807, 2.05) is 0 Å². The largest absolute Gasteiger partial charge is 0.368 e. The monoisotopic (exact) mass is 162 g/mol. The van der Waals surface area contributed by atoms with Gasteiger partial charge in [0.05, 0.1) is 0 Å². The molecule has 0 heterocycles. The Morgan fingerprint density at radius 1 is 1.60 bits per heavy atom. The van der Waals surface area contributed by atoms with Gasteiger partial charge in [0.2, 0.25) is 0 Å². The quantitative estimate of drug-likeness (QED) is 0.628. The fourth-order valence-electron chi connectivity index (χ4n) is 0.670. The number of rotatable bonds is 3. The van der Waals surface area contributed by atoms with E-state index in [-0.39, 0.29) is 0 Å². The Hall–Kier alpha value is -0.360. The average Bonchev–Trinajstić information content (AvgIpc) is 1.90. The summed E-state index contributed by atoms with van der Waals surface area (Å²) < 4.78 is 12.1. The lowest BCUT2D eigenvalue weighted by molar-refractivity contribution is 0.377. The van der Waals surface area contributed by atoms with Crippen molar-refractivity contribution in [3.05, 3.63) is 0 Å². The molecule has 0 fully saturated rings. The van der Waals surface area contributed by atoms with Crippen LogP contribution in [0.3, 0.4) is 0 Å². The van der Waals surface area contributed by atoms with Crippen LogP contribution in [0.4, 0.5) is 0 Å². The standard InChI is InChI=1S/C5H11N2O2P/c1-3-7(4-2)10(8,9)5-6/h3-4H2,1-2H3,(H,8,9). The minimum Gasteiger partial charge on any atom is -0.323 e. The molecule has 0 aromatic heterocycles. The normalized spacial score (nSPS) is 16.3. The first-order chi connectivity index (χ1) is 4.58. The molecule has 0 saturated heterocycles. The fourth-order valence-corrected chi connectivity index (χ4v) is 1.56. The molecule has 58 valence electrons.